The van der Waals surface area contributed by atoms with Crippen LogP contribution in [0, 0.1) is 16.5 Å². The first-order valence-electron chi connectivity index (χ1n) is 5.51. The average molecular weight is 274 g/mol. The number of hydrogen-bond acceptors (Lipinski definition) is 4. The predicted molar refractivity (Wildman–Crippen MR) is 74.5 cm³/mol. The molecule has 0 bridgehead atoms. The Bertz CT molecular complexity index is 375. The Labute approximate surface area is 111 Å². The lowest BCUT2D eigenvalue weighted by molar-refractivity contribution is 0.654. The van der Waals surface area contributed by atoms with Crippen molar-refractivity contribution < 1.29 is 4.39 Å². The smallest absolute Gasteiger partial charge is 0.194 e. The second-order valence-corrected chi connectivity index (χ2v) is 6.85. The third-order valence-electron chi connectivity index (χ3n) is 1.48. The van der Waals surface area contributed by atoms with Crippen LogP contribution < -0.4 is 4.72 Å². The predicted octanol–water partition coefficient (Wildman–Crippen LogP) is 4.32. The van der Waals surface area contributed by atoms with Crippen LogP contribution in [0.15, 0.2) is 6.07 Å². The molecular weight excluding hydrogens is 255 g/mol. The fourth-order valence-electron chi connectivity index (χ4n) is 0.904. The SMILES string of the molecule is CC.CC(C)(C)SNCc1cc(C#N)c(F)s1. The van der Waals surface area contributed by atoms with Crippen molar-refractivity contribution in [3.05, 3.63) is 21.6 Å². The van der Waals surface area contributed by atoms with E-state index in [2.05, 4.69) is 25.5 Å². The zero-order chi connectivity index (χ0) is 13.5. The zero-order valence-corrected chi connectivity index (χ0v) is 12.6. The maximum absolute atomic E-state index is 13.0. The summed E-state index contributed by atoms with van der Waals surface area (Å²) in [6.45, 7) is 10.9. The zero-order valence-electron chi connectivity index (χ0n) is 10.9. The Morgan fingerprint density at radius 3 is 2.47 bits per heavy atom. The molecule has 0 aromatic carbocycles. The quantitative estimate of drug-likeness (QED) is 0.834. The minimum absolute atomic E-state index is 0.133. The van der Waals surface area contributed by atoms with Gasteiger partial charge in [0.2, 0.25) is 0 Å². The molecule has 1 heterocycles. The second kappa shape index (κ2) is 7.70. The number of hydrogen-bond donors (Lipinski definition) is 1. The molecule has 0 aliphatic heterocycles. The summed E-state index contributed by atoms with van der Waals surface area (Å²) in [5, 5.41) is 8.18. The van der Waals surface area contributed by atoms with Gasteiger partial charge in [0.05, 0.1) is 5.56 Å². The van der Waals surface area contributed by atoms with Gasteiger partial charge in [-0.2, -0.15) is 9.65 Å². The van der Waals surface area contributed by atoms with E-state index in [1.54, 1.807) is 18.0 Å². The summed E-state index contributed by atoms with van der Waals surface area (Å²) in [5.41, 5.74) is 0.137. The van der Waals surface area contributed by atoms with Crippen LogP contribution >= 0.6 is 23.3 Å². The summed E-state index contributed by atoms with van der Waals surface area (Å²) in [6.07, 6.45) is 0. The van der Waals surface area contributed by atoms with Crippen LogP contribution in [0.2, 0.25) is 0 Å². The first kappa shape index (κ1) is 16.4. The summed E-state index contributed by atoms with van der Waals surface area (Å²) >= 11 is 2.63. The van der Waals surface area contributed by atoms with Crippen LogP contribution in [0.3, 0.4) is 0 Å². The number of nitrogens with zero attached hydrogens (tertiary/aromatic N) is 1. The van der Waals surface area contributed by atoms with Crippen molar-refractivity contribution in [3.63, 3.8) is 0 Å². The number of thiophene rings is 1. The minimum atomic E-state index is -0.393. The normalized spacial score (nSPS) is 10.4. The van der Waals surface area contributed by atoms with Gasteiger partial charge in [0.1, 0.15) is 6.07 Å². The van der Waals surface area contributed by atoms with Gasteiger partial charge in [-0.05, 0) is 26.8 Å². The van der Waals surface area contributed by atoms with Crippen LogP contribution in [0.5, 0.6) is 0 Å². The number of nitrogens with one attached hydrogen (secondary N) is 1. The van der Waals surface area contributed by atoms with Gasteiger partial charge >= 0.3 is 0 Å². The molecule has 0 spiro atoms. The Balaban J connectivity index is 0.00000121. The Hall–Kier alpha value is -0.570. The van der Waals surface area contributed by atoms with Gasteiger partial charge in [-0.15, -0.1) is 11.3 Å². The van der Waals surface area contributed by atoms with Crippen molar-refractivity contribution in [1.29, 1.82) is 5.26 Å². The second-order valence-electron chi connectivity index (χ2n) is 4.05. The largest absolute Gasteiger partial charge is 0.258 e. The third-order valence-corrected chi connectivity index (χ3v) is 3.31. The Morgan fingerprint density at radius 2 is 2.06 bits per heavy atom. The number of halogens is 1. The highest BCUT2D eigenvalue weighted by molar-refractivity contribution is 7.98. The first-order chi connectivity index (χ1) is 7.92. The highest BCUT2D eigenvalue weighted by atomic mass is 32.2. The molecule has 0 atom stereocenters. The summed E-state index contributed by atoms with van der Waals surface area (Å²) in [4.78, 5) is 0.848. The van der Waals surface area contributed by atoms with Crippen molar-refractivity contribution in [2.75, 3.05) is 0 Å². The molecule has 5 heteroatoms. The fourth-order valence-corrected chi connectivity index (χ4v) is 2.42. The highest BCUT2D eigenvalue weighted by Gasteiger charge is 2.12. The molecule has 1 aromatic rings. The molecular formula is C12H19FN2S2. The maximum Gasteiger partial charge on any atom is 0.194 e. The molecule has 1 N–H and O–H groups in total. The highest BCUT2D eigenvalue weighted by Crippen LogP contribution is 2.23. The molecule has 17 heavy (non-hydrogen) atoms. The van der Waals surface area contributed by atoms with E-state index in [1.807, 2.05) is 19.9 Å². The van der Waals surface area contributed by atoms with Crippen molar-refractivity contribution in [3.8, 4) is 6.07 Å². The molecule has 0 saturated heterocycles. The molecule has 1 rings (SSSR count). The Morgan fingerprint density at radius 1 is 1.47 bits per heavy atom. The molecule has 0 aliphatic carbocycles. The lowest BCUT2D eigenvalue weighted by Crippen LogP contribution is -2.16. The van der Waals surface area contributed by atoms with E-state index in [1.165, 1.54) is 0 Å². The van der Waals surface area contributed by atoms with Crippen molar-refractivity contribution in [2.45, 2.75) is 45.9 Å². The summed E-state index contributed by atoms with van der Waals surface area (Å²) in [5.74, 6) is 0. The molecule has 1 aromatic heterocycles. The maximum atomic E-state index is 13.0. The van der Waals surface area contributed by atoms with Gasteiger partial charge in [0, 0.05) is 16.2 Å². The molecule has 96 valence electrons. The van der Waals surface area contributed by atoms with E-state index in [0.717, 1.165) is 16.2 Å². The van der Waals surface area contributed by atoms with Gasteiger partial charge in [-0.1, -0.05) is 25.8 Å². The summed E-state index contributed by atoms with van der Waals surface area (Å²) in [6, 6.07) is 3.42. The standard InChI is InChI=1S/C10H13FN2S2.C2H6/c1-10(2,3)15-13-6-8-4-7(5-12)9(11)14-8;1-2/h4,13H,6H2,1-3H3;1-2H3. The molecule has 0 fully saturated rings. The molecule has 0 amide bonds. The van der Waals surface area contributed by atoms with E-state index >= 15 is 0 Å². The lowest BCUT2D eigenvalue weighted by Gasteiger charge is -2.17. The van der Waals surface area contributed by atoms with Gasteiger partial charge in [0.25, 0.3) is 0 Å². The van der Waals surface area contributed by atoms with Gasteiger partial charge in [0.15, 0.2) is 5.13 Å². The molecule has 2 nitrogen and oxygen atoms in total. The monoisotopic (exact) mass is 274 g/mol. The molecule has 0 radical (unpaired) electrons. The Kier molecular flexibility index (Phi) is 7.44. The fraction of sp³-hybridized carbons (Fsp3) is 0.583. The number of nitriles is 1. The summed E-state index contributed by atoms with van der Waals surface area (Å²) < 4.78 is 16.3. The van der Waals surface area contributed by atoms with Crippen LogP contribution in [-0.2, 0) is 6.54 Å². The number of rotatable bonds is 3. The lowest BCUT2D eigenvalue weighted by atomic mass is 10.3. The molecule has 0 unspecified atom stereocenters. The van der Waals surface area contributed by atoms with Crippen molar-refractivity contribution in [1.82, 2.24) is 4.72 Å². The van der Waals surface area contributed by atoms with Gasteiger partial charge < -0.3 is 0 Å². The molecule has 0 saturated carbocycles. The van der Waals surface area contributed by atoms with E-state index in [-0.39, 0.29) is 10.3 Å². The van der Waals surface area contributed by atoms with Crippen LogP contribution in [0.1, 0.15) is 45.1 Å². The van der Waals surface area contributed by atoms with Crippen molar-refractivity contribution in [2.24, 2.45) is 0 Å². The van der Waals surface area contributed by atoms with E-state index in [0.29, 0.717) is 6.54 Å². The summed E-state index contributed by atoms with van der Waals surface area (Å²) in [7, 11) is 0. The van der Waals surface area contributed by atoms with E-state index in [4.69, 9.17) is 5.26 Å². The average Bonchev–Trinajstić information content (AvgIpc) is 2.60. The third kappa shape index (κ3) is 6.67. The van der Waals surface area contributed by atoms with E-state index < -0.39 is 5.13 Å². The first-order valence-corrected chi connectivity index (χ1v) is 7.15. The topological polar surface area (TPSA) is 35.8 Å². The van der Waals surface area contributed by atoms with Gasteiger partial charge in [-0.3, -0.25) is 4.72 Å². The van der Waals surface area contributed by atoms with Crippen molar-refractivity contribution >= 4 is 23.3 Å². The van der Waals surface area contributed by atoms with Crippen LogP contribution in [0.4, 0.5) is 4.39 Å². The minimum Gasteiger partial charge on any atom is -0.258 e. The van der Waals surface area contributed by atoms with Gasteiger partial charge in [-0.25, -0.2) is 0 Å². The van der Waals surface area contributed by atoms with Crippen LogP contribution in [0.25, 0.3) is 0 Å². The molecule has 0 aliphatic rings. The van der Waals surface area contributed by atoms with E-state index in [9.17, 15) is 4.39 Å². The van der Waals surface area contributed by atoms with Crippen LogP contribution in [-0.4, -0.2) is 4.75 Å².